The fraction of sp³-hybridized carbons (Fsp3) is 0.500. The van der Waals surface area contributed by atoms with Crippen LogP contribution in [0.4, 0.5) is 4.39 Å². The number of hydrogen-bond acceptors (Lipinski definition) is 4. The zero-order valence-corrected chi connectivity index (χ0v) is 7.68. The van der Waals surface area contributed by atoms with Crippen molar-refractivity contribution in [3.63, 3.8) is 0 Å². The summed E-state index contributed by atoms with van der Waals surface area (Å²) in [7, 11) is 0. The van der Waals surface area contributed by atoms with Crippen LogP contribution >= 0.6 is 0 Å². The Bertz CT molecular complexity index is 313. The highest BCUT2D eigenvalue weighted by Gasteiger charge is 2.16. The first-order valence-corrected chi connectivity index (χ1v) is 4.16. The number of aromatic nitrogens is 2. The normalized spacial score (nSPS) is 12.5. The van der Waals surface area contributed by atoms with Crippen molar-refractivity contribution in [3.8, 4) is 0 Å². The van der Waals surface area contributed by atoms with Gasteiger partial charge in [0, 0.05) is 0 Å². The van der Waals surface area contributed by atoms with E-state index in [4.69, 9.17) is 0 Å². The minimum atomic E-state index is -1.31. The molecule has 5 nitrogen and oxygen atoms in total. The number of nitrogens with zero attached hydrogens (tertiary/aromatic N) is 2. The Labute approximate surface area is 80.1 Å². The smallest absolute Gasteiger partial charge is 0.336 e. The molecule has 78 valence electrons. The Balaban J connectivity index is 2.48. The highest BCUT2D eigenvalue weighted by Crippen LogP contribution is 1.97. The molecule has 1 heterocycles. The molecule has 1 rings (SSSR count). The van der Waals surface area contributed by atoms with Crippen molar-refractivity contribution in [2.75, 3.05) is 6.61 Å². The lowest BCUT2D eigenvalue weighted by molar-refractivity contribution is -0.153. The molecule has 1 N–H and O–H groups in total. The van der Waals surface area contributed by atoms with Gasteiger partial charge in [-0.2, -0.15) is 5.10 Å². The second-order valence-electron chi connectivity index (χ2n) is 2.65. The number of hydrogen-bond donors (Lipinski definition) is 1. The molecule has 0 aromatic carbocycles. The molecule has 0 amide bonds. The molecule has 14 heavy (non-hydrogen) atoms. The van der Waals surface area contributed by atoms with Crippen LogP contribution in [-0.4, -0.2) is 33.6 Å². The maximum Gasteiger partial charge on any atom is 0.336 e. The van der Waals surface area contributed by atoms with Crippen LogP contribution in [0.5, 0.6) is 0 Å². The standard InChI is InChI=1S/C8H11FN2O3/c1-2-14-8(13)7(12)5-11-4-6(9)3-10-11/h3-4,7,12H,2,5H2,1H3. The highest BCUT2D eigenvalue weighted by atomic mass is 19.1. The number of carbonyl (C=O) groups excluding carboxylic acids is 1. The molecule has 0 saturated heterocycles. The van der Waals surface area contributed by atoms with E-state index < -0.39 is 17.9 Å². The summed E-state index contributed by atoms with van der Waals surface area (Å²) in [6.45, 7) is 1.73. The van der Waals surface area contributed by atoms with Crippen molar-refractivity contribution in [2.45, 2.75) is 19.6 Å². The summed E-state index contributed by atoms with van der Waals surface area (Å²) in [6, 6.07) is 0. The summed E-state index contributed by atoms with van der Waals surface area (Å²) in [6.07, 6.45) is 0.773. The van der Waals surface area contributed by atoms with Gasteiger partial charge in [0.1, 0.15) is 0 Å². The Hall–Kier alpha value is -1.43. The largest absolute Gasteiger partial charge is 0.464 e. The van der Waals surface area contributed by atoms with Crippen molar-refractivity contribution in [1.82, 2.24) is 9.78 Å². The number of aliphatic hydroxyl groups is 1. The predicted octanol–water partition coefficient (Wildman–Crippen LogP) is -0.0538. The summed E-state index contributed by atoms with van der Waals surface area (Å²) in [5.41, 5.74) is 0. The third kappa shape index (κ3) is 2.81. The molecule has 1 aromatic rings. The highest BCUT2D eigenvalue weighted by molar-refractivity contribution is 5.74. The fourth-order valence-corrected chi connectivity index (χ4v) is 0.928. The lowest BCUT2D eigenvalue weighted by Gasteiger charge is -2.08. The van der Waals surface area contributed by atoms with Gasteiger partial charge in [-0.05, 0) is 6.92 Å². The second-order valence-corrected chi connectivity index (χ2v) is 2.65. The van der Waals surface area contributed by atoms with Gasteiger partial charge in [-0.15, -0.1) is 0 Å². The monoisotopic (exact) mass is 202 g/mol. The van der Waals surface area contributed by atoms with E-state index in [0.29, 0.717) is 0 Å². The van der Waals surface area contributed by atoms with Crippen LogP contribution in [0.2, 0.25) is 0 Å². The maximum absolute atomic E-state index is 12.4. The first kappa shape index (κ1) is 10.6. The number of aliphatic hydroxyl groups excluding tert-OH is 1. The molecule has 6 heteroatoms. The van der Waals surface area contributed by atoms with Gasteiger partial charge in [0.25, 0.3) is 0 Å². The molecule has 0 spiro atoms. The van der Waals surface area contributed by atoms with E-state index >= 15 is 0 Å². The topological polar surface area (TPSA) is 64.3 Å². The summed E-state index contributed by atoms with van der Waals surface area (Å²) in [4.78, 5) is 10.9. The van der Waals surface area contributed by atoms with Crippen LogP contribution in [0.3, 0.4) is 0 Å². The van der Waals surface area contributed by atoms with Gasteiger partial charge < -0.3 is 9.84 Å². The predicted molar refractivity (Wildman–Crippen MR) is 44.8 cm³/mol. The molecular formula is C8H11FN2O3. The lowest BCUT2D eigenvalue weighted by atomic mass is 10.3. The van der Waals surface area contributed by atoms with E-state index in [9.17, 15) is 14.3 Å². The number of ether oxygens (including phenoxy) is 1. The maximum atomic E-state index is 12.4. The quantitative estimate of drug-likeness (QED) is 0.695. The van der Waals surface area contributed by atoms with Crippen molar-refractivity contribution in [1.29, 1.82) is 0 Å². The van der Waals surface area contributed by atoms with E-state index in [2.05, 4.69) is 9.84 Å². The van der Waals surface area contributed by atoms with Gasteiger partial charge >= 0.3 is 5.97 Å². The van der Waals surface area contributed by atoms with Gasteiger partial charge in [-0.25, -0.2) is 9.18 Å². The van der Waals surface area contributed by atoms with Gasteiger partial charge in [0.2, 0.25) is 0 Å². The van der Waals surface area contributed by atoms with Gasteiger partial charge in [0.05, 0.1) is 25.5 Å². The van der Waals surface area contributed by atoms with E-state index in [0.717, 1.165) is 17.1 Å². The lowest BCUT2D eigenvalue weighted by Crippen LogP contribution is -2.28. The minimum absolute atomic E-state index is 0.108. The van der Waals surface area contributed by atoms with Crippen molar-refractivity contribution < 1.29 is 19.0 Å². The molecule has 0 saturated carbocycles. The van der Waals surface area contributed by atoms with E-state index in [1.54, 1.807) is 6.92 Å². The van der Waals surface area contributed by atoms with Crippen LogP contribution in [0, 0.1) is 5.82 Å². The van der Waals surface area contributed by atoms with Gasteiger partial charge in [-0.3, -0.25) is 4.68 Å². The number of rotatable bonds is 4. The summed E-state index contributed by atoms with van der Waals surface area (Å²) in [5.74, 6) is -1.25. The number of halogens is 1. The van der Waals surface area contributed by atoms with Crippen LogP contribution in [0.15, 0.2) is 12.4 Å². The molecule has 1 atom stereocenters. The van der Waals surface area contributed by atoms with E-state index in [-0.39, 0.29) is 13.2 Å². The molecule has 1 unspecified atom stereocenters. The molecule has 0 aliphatic rings. The summed E-state index contributed by atoms with van der Waals surface area (Å²) >= 11 is 0. The van der Waals surface area contributed by atoms with Crippen LogP contribution < -0.4 is 0 Å². The first-order chi connectivity index (χ1) is 6.63. The third-order valence-corrected chi connectivity index (χ3v) is 1.52. The fourth-order valence-electron chi connectivity index (χ4n) is 0.928. The van der Waals surface area contributed by atoms with Crippen molar-refractivity contribution >= 4 is 5.97 Å². The van der Waals surface area contributed by atoms with Crippen molar-refractivity contribution in [2.24, 2.45) is 0 Å². The molecular weight excluding hydrogens is 191 g/mol. The first-order valence-electron chi connectivity index (χ1n) is 4.16. The average molecular weight is 202 g/mol. The van der Waals surface area contributed by atoms with Crippen LogP contribution in [0.1, 0.15) is 6.92 Å². The van der Waals surface area contributed by atoms with Crippen LogP contribution in [-0.2, 0) is 16.1 Å². The average Bonchev–Trinajstić information content (AvgIpc) is 2.51. The van der Waals surface area contributed by atoms with Crippen LogP contribution in [0.25, 0.3) is 0 Å². The molecule has 0 radical (unpaired) electrons. The number of carbonyl (C=O) groups is 1. The third-order valence-electron chi connectivity index (χ3n) is 1.52. The van der Waals surface area contributed by atoms with E-state index in [1.807, 2.05) is 0 Å². The summed E-state index contributed by atoms with van der Waals surface area (Å²) < 4.78 is 18.1. The van der Waals surface area contributed by atoms with Crippen molar-refractivity contribution in [3.05, 3.63) is 18.2 Å². The Kier molecular flexibility index (Phi) is 3.58. The molecule has 0 aliphatic heterocycles. The van der Waals surface area contributed by atoms with E-state index in [1.165, 1.54) is 0 Å². The number of esters is 1. The molecule has 0 bridgehead atoms. The zero-order chi connectivity index (χ0) is 10.6. The zero-order valence-electron chi connectivity index (χ0n) is 7.68. The minimum Gasteiger partial charge on any atom is -0.464 e. The Morgan fingerprint density at radius 3 is 3.07 bits per heavy atom. The summed E-state index contributed by atoms with van der Waals surface area (Å²) in [5, 5.41) is 12.8. The van der Waals surface area contributed by atoms with Gasteiger partial charge in [-0.1, -0.05) is 0 Å². The van der Waals surface area contributed by atoms with Gasteiger partial charge in [0.15, 0.2) is 11.9 Å². The SMILES string of the molecule is CCOC(=O)C(O)Cn1cc(F)cn1. The molecule has 0 aliphatic carbocycles. The second kappa shape index (κ2) is 4.71. The Morgan fingerprint density at radius 1 is 1.86 bits per heavy atom. The molecule has 1 aromatic heterocycles. The molecule has 0 fully saturated rings. The Morgan fingerprint density at radius 2 is 2.57 bits per heavy atom.